The maximum atomic E-state index is 5.27. The molecule has 0 unspecified atom stereocenters. The molecule has 1 fully saturated rings. The van der Waals surface area contributed by atoms with Crippen molar-refractivity contribution in [2.24, 2.45) is 0 Å². The molecular weight excluding hydrogens is 294 g/mol. The summed E-state index contributed by atoms with van der Waals surface area (Å²) in [7, 11) is 3.44. The van der Waals surface area contributed by atoms with E-state index in [0.717, 1.165) is 43.6 Å². The molecule has 0 saturated carbocycles. The van der Waals surface area contributed by atoms with Crippen molar-refractivity contribution in [3.8, 4) is 0 Å². The van der Waals surface area contributed by atoms with Crippen LogP contribution in [0.3, 0.4) is 0 Å². The highest BCUT2D eigenvalue weighted by Crippen LogP contribution is 2.28. The van der Waals surface area contributed by atoms with Crippen LogP contribution in [0, 0.1) is 0 Å². The molecule has 0 amide bonds. The Hall–Kier alpha value is -0.340. The van der Waals surface area contributed by atoms with E-state index in [0.29, 0.717) is 6.61 Å². The fourth-order valence-electron chi connectivity index (χ4n) is 2.02. The van der Waals surface area contributed by atoms with Gasteiger partial charge in [-0.1, -0.05) is 0 Å². The molecule has 0 bridgehead atoms. The first kappa shape index (κ1) is 16.0. The van der Waals surface area contributed by atoms with E-state index in [1.54, 1.807) is 25.6 Å². The van der Waals surface area contributed by atoms with E-state index in [1.807, 2.05) is 11.8 Å². The first-order valence-electron chi connectivity index (χ1n) is 6.85. The molecule has 2 heterocycles. The van der Waals surface area contributed by atoms with Crippen LogP contribution in [0.5, 0.6) is 0 Å². The Kier molecular flexibility index (Phi) is 7.09. The number of aromatic nitrogens is 1. The standard InChI is InChI=1S/C13H23N3O2S2/c1-17-6-3-14-9-12-11(10-18-2)15-13(20-12)16-4-7-19-8-5-16/h14H,3-10H2,1-2H3. The highest BCUT2D eigenvalue weighted by Gasteiger charge is 2.18. The maximum Gasteiger partial charge on any atom is 0.185 e. The number of thioether (sulfide) groups is 1. The summed E-state index contributed by atoms with van der Waals surface area (Å²) in [5.41, 5.74) is 1.07. The lowest BCUT2D eigenvalue weighted by molar-refractivity contribution is 0.181. The molecule has 114 valence electrons. The van der Waals surface area contributed by atoms with Gasteiger partial charge in [-0.05, 0) is 0 Å². The molecule has 7 heteroatoms. The molecule has 1 aromatic heterocycles. The minimum Gasteiger partial charge on any atom is -0.383 e. The number of hydrogen-bond donors (Lipinski definition) is 1. The molecule has 0 atom stereocenters. The quantitative estimate of drug-likeness (QED) is 0.735. The van der Waals surface area contributed by atoms with E-state index in [2.05, 4.69) is 10.2 Å². The third-order valence-electron chi connectivity index (χ3n) is 3.10. The molecule has 5 nitrogen and oxygen atoms in total. The summed E-state index contributed by atoms with van der Waals surface area (Å²) in [4.78, 5) is 8.42. The van der Waals surface area contributed by atoms with Crippen LogP contribution in [0.1, 0.15) is 10.6 Å². The van der Waals surface area contributed by atoms with Crippen molar-refractivity contribution >= 4 is 28.2 Å². The number of nitrogens with zero attached hydrogens (tertiary/aromatic N) is 2. The minimum atomic E-state index is 0.584. The summed E-state index contributed by atoms with van der Waals surface area (Å²) in [5, 5.41) is 4.52. The predicted molar refractivity (Wildman–Crippen MR) is 85.9 cm³/mol. The lowest BCUT2D eigenvalue weighted by Gasteiger charge is -2.25. The SMILES string of the molecule is COCCNCc1sc(N2CCSCC2)nc1COC. The second kappa shape index (κ2) is 8.84. The summed E-state index contributed by atoms with van der Waals surface area (Å²) >= 11 is 3.80. The Morgan fingerprint density at radius 3 is 2.75 bits per heavy atom. The number of rotatable bonds is 8. The second-order valence-electron chi connectivity index (χ2n) is 4.57. The Morgan fingerprint density at radius 1 is 1.25 bits per heavy atom. The summed E-state index contributed by atoms with van der Waals surface area (Å²) < 4.78 is 10.3. The summed E-state index contributed by atoms with van der Waals surface area (Å²) in [6.45, 7) is 5.20. The topological polar surface area (TPSA) is 46.6 Å². The largest absolute Gasteiger partial charge is 0.383 e. The van der Waals surface area contributed by atoms with Crippen LogP contribution < -0.4 is 10.2 Å². The van der Waals surface area contributed by atoms with Crippen LogP contribution in [0.15, 0.2) is 0 Å². The summed E-state index contributed by atoms with van der Waals surface area (Å²) in [6.07, 6.45) is 0. The molecule has 0 aliphatic carbocycles. The monoisotopic (exact) mass is 317 g/mol. The van der Waals surface area contributed by atoms with Crippen LogP contribution in [0.2, 0.25) is 0 Å². The first-order valence-corrected chi connectivity index (χ1v) is 8.82. The van der Waals surface area contributed by atoms with Gasteiger partial charge in [-0.15, -0.1) is 11.3 Å². The van der Waals surface area contributed by atoms with E-state index in [4.69, 9.17) is 14.5 Å². The molecule has 1 aliphatic rings. The Morgan fingerprint density at radius 2 is 2.05 bits per heavy atom. The fraction of sp³-hybridized carbons (Fsp3) is 0.769. The maximum absolute atomic E-state index is 5.27. The molecule has 0 spiro atoms. The van der Waals surface area contributed by atoms with E-state index in [1.165, 1.54) is 16.4 Å². The first-order chi connectivity index (χ1) is 9.85. The number of hydrogen-bond acceptors (Lipinski definition) is 7. The molecule has 0 aromatic carbocycles. The van der Waals surface area contributed by atoms with Crippen LogP contribution in [-0.2, 0) is 22.6 Å². The predicted octanol–water partition coefficient (Wildman–Crippen LogP) is 1.58. The molecule has 0 radical (unpaired) electrons. The Balaban J connectivity index is 1.98. The van der Waals surface area contributed by atoms with E-state index in [-0.39, 0.29) is 0 Å². The molecule has 1 saturated heterocycles. The number of nitrogens with one attached hydrogen (secondary N) is 1. The van der Waals surface area contributed by atoms with Gasteiger partial charge in [0.05, 0.1) is 18.9 Å². The van der Waals surface area contributed by atoms with Gasteiger partial charge < -0.3 is 19.7 Å². The Labute approximate surface area is 129 Å². The molecule has 2 rings (SSSR count). The highest BCUT2D eigenvalue weighted by atomic mass is 32.2. The second-order valence-corrected chi connectivity index (χ2v) is 6.86. The molecule has 1 N–H and O–H groups in total. The van der Waals surface area contributed by atoms with Gasteiger partial charge in [0.2, 0.25) is 0 Å². The van der Waals surface area contributed by atoms with Crippen molar-refractivity contribution in [2.45, 2.75) is 13.2 Å². The number of methoxy groups -OCH3 is 2. The van der Waals surface area contributed by atoms with Crippen molar-refractivity contribution in [2.75, 3.05) is 56.9 Å². The van der Waals surface area contributed by atoms with E-state index < -0.39 is 0 Å². The number of ether oxygens (including phenoxy) is 2. The third kappa shape index (κ3) is 4.60. The molecule has 20 heavy (non-hydrogen) atoms. The fourth-order valence-corrected chi connectivity index (χ4v) is 4.01. The van der Waals surface area contributed by atoms with Crippen molar-refractivity contribution in [3.63, 3.8) is 0 Å². The van der Waals surface area contributed by atoms with E-state index in [9.17, 15) is 0 Å². The average Bonchev–Trinajstić information content (AvgIpc) is 2.88. The highest BCUT2D eigenvalue weighted by molar-refractivity contribution is 7.99. The van der Waals surface area contributed by atoms with Gasteiger partial charge in [-0.2, -0.15) is 11.8 Å². The smallest absolute Gasteiger partial charge is 0.185 e. The third-order valence-corrected chi connectivity index (χ3v) is 5.20. The van der Waals surface area contributed by atoms with Crippen molar-refractivity contribution in [3.05, 3.63) is 10.6 Å². The van der Waals surface area contributed by atoms with E-state index >= 15 is 0 Å². The van der Waals surface area contributed by atoms with Gasteiger partial charge in [0.15, 0.2) is 5.13 Å². The molecule has 1 aliphatic heterocycles. The normalized spacial score (nSPS) is 15.8. The Bertz CT molecular complexity index is 395. The zero-order valence-electron chi connectivity index (χ0n) is 12.2. The summed E-state index contributed by atoms with van der Waals surface area (Å²) in [6, 6.07) is 0. The van der Waals surface area contributed by atoms with Crippen LogP contribution in [0.25, 0.3) is 0 Å². The lowest BCUT2D eigenvalue weighted by atomic mass is 10.3. The minimum absolute atomic E-state index is 0.584. The van der Waals surface area contributed by atoms with Gasteiger partial charge in [0, 0.05) is 56.8 Å². The molecule has 1 aromatic rings. The van der Waals surface area contributed by atoms with Gasteiger partial charge in [-0.3, -0.25) is 0 Å². The van der Waals surface area contributed by atoms with Gasteiger partial charge in [0.25, 0.3) is 0 Å². The van der Waals surface area contributed by atoms with Gasteiger partial charge in [-0.25, -0.2) is 4.98 Å². The van der Waals surface area contributed by atoms with Crippen LogP contribution in [-0.4, -0.2) is 57.0 Å². The lowest BCUT2D eigenvalue weighted by Crippen LogP contribution is -2.32. The van der Waals surface area contributed by atoms with Gasteiger partial charge >= 0.3 is 0 Å². The number of thiazole rings is 1. The van der Waals surface area contributed by atoms with Crippen molar-refractivity contribution in [1.82, 2.24) is 10.3 Å². The zero-order chi connectivity index (χ0) is 14.2. The number of anilines is 1. The van der Waals surface area contributed by atoms with Crippen LogP contribution >= 0.6 is 23.1 Å². The van der Waals surface area contributed by atoms with Gasteiger partial charge in [0.1, 0.15) is 0 Å². The average molecular weight is 317 g/mol. The van der Waals surface area contributed by atoms with Crippen molar-refractivity contribution in [1.29, 1.82) is 0 Å². The van der Waals surface area contributed by atoms with Crippen molar-refractivity contribution < 1.29 is 9.47 Å². The summed E-state index contributed by atoms with van der Waals surface area (Å²) in [5.74, 6) is 2.39. The molecular formula is C13H23N3O2S2. The van der Waals surface area contributed by atoms with Crippen LogP contribution in [0.4, 0.5) is 5.13 Å². The zero-order valence-corrected chi connectivity index (χ0v) is 13.8.